The number of para-hydroxylation sites is 1. The fraction of sp³-hybridized carbons (Fsp3) is 0.235. The highest BCUT2D eigenvalue weighted by Crippen LogP contribution is 2.14. The van der Waals surface area contributed by atoms with Crippen molar-refractivity contribution in [3.63, 3.8) is 0 Å². The van der Waals surface area contributed by atoms with Crippen LogP contribution in [0.3, 0.4) is 0 Å². The zero-order valence-corrected chi connectivity index (χ0v) is 11.7. The number of benzene rings is 2. The summed E-state index contributed by atoms with van der Waals surface area (Å²) in [5.74, 6) is 0.791. The molecule has 0 bridgehead atoms. The number of carbonyl (C=O) groups is 1. The Morgan fingerprint density at radius 3 is 2.35 bits per heavy atom. The number of likely N-dealkylation sites (N-methyl/N-ethyl adjacent to an activating group) is 1. The van der Waals surface area contributed by atoms with E-state index in [-0.39, 0.29) is 0 Å². The Kier molecular flexibility index (Phi) is 5.18. The first kappa shape index (κ1) is 14.1. The van der Waals surface area contributed by atoms with E-state index in [1.807, 2.05) is 30.3 Å². The second-order valence-electron chi connectivity index (χ2n) is 4.45. The molecule has 3 nitrogen and oxygen atoms in total. The van der Waals surface area contributed by atoms with Crippen LogP contribution >= 0.6 is 0 Å². The number of anilines is 1. The van der Waals surface area contributed by atoms with Crippen LogP contribution in [-0.2, 0) is 0 Å². The maximum atomic E-state index is 10.6. The molecule has 2 aromatic carbocycles. The topological polar surface area (TPSA) is 29.5 Å². The van der Waals surface area contributed by atoms with Crippen molar-refractivity contribution in [1.29, 1.82) is 0 Å². The Hall–Kier alpha value is -2.29. The molecule has 0 radical (unpaired) electrons. The number of rotatable bonds is 7. The van der Waals surface area contributed by atoms with Crippen LogP contribution < -0.4 is 9.64 Å². The fourth-order valence-corrected chi connectivity index (χ4v) is 2.02. The van der Waals surface area contributed by atoms with Gasteiger partial charge < -0.3 is 9.64 Å². The lowest BCUT2D eigenvalue weighted by Crippen LogP contribution is -2.27. The first-order valence-electron chi connectivity index (χ1n) is 6.81. The van der Waals surface area contributed by atoms with Crippen molar-refractivity contribution in [3.8, 4) is 5.75 Å². The Morgan fingerprint density at radius 1 is 1.05 bits per heavy atom. The monoisotopic (exact) mass is 269 g/mol. The minimum Gasteiger partial charge on any atom is -0.492 e. The van der Waals surface area contributed by atoms with Gasteiger partial charge in [-0.25, -0.2) is 0 Å². The second kappa shape index (κ2) is 7.34. The molecule has 20 heavy (non-hydrogen) atoms. The van der Waals surface area contributed by atoms with Crippen LogP contribution in [0.2, 0.25) is 0 Å². The van der Waals surface area contributed by atoms with Gasteiger partial charge in [-0.3, -0.25) is 4.79 Å². The normalized spacial score (nSPS) is 10.1. The number of hydrogen-bond donors (Lipinski definition) is 0. The van der Waals surface area contributed by atoms with Gasteiger partial charge in [0.25, 0.3) is 0 Å². The third-order valence-electron chi connectivity index (χ3n) is 3.15. The molecule has 2 rings (SSSR count). The highest BCUT2D eigenvalue weighted by molar-refractivity contribution is 5.74. The standard InChI is InChI=1S/C17H19NO2/c1-2-18(16-6-4-3-5-7-16)12-13-20-17-10-8-15(14-19)9-11-17/h3-11,14H,2,12-13H2,1H3. The molecule has 0 atom stereocenters. The summed E-state index contributed by atoms with van der Waals surface area (Å²) in [6.45, 7) is 4.52. The molecule has 0 spiro atoms. The van der Waals surface area contributed by atoms with Gasteiger partial charge in [-0.15, -0.1) is 0 Å². The summed E-state index contributed by atoms with van der Waals surface area (Å²) in [4.78, 5) is 12.8. The van der Waals surface area contributed by atoms with Gasteiger partial charge in [0, 0.05) is 17.8 Å². The second-order valence-corrected chi connectivity index (χ2v) is 4.45. The van der Waals surface area contributed by atoms with Crippen LogP contribution in [0.15, 0.2) is 54.6 Å². The number of aldehydes is 1. The molecule has 0 amide bonds. The molecular weight excluding hydrogens is 250 g/mol. The molecule has 0 aliphatic heterocycles. The largest absolute Gasteiger partial charge is 0.492 e. The highest BCUT2D eigenvalue weighted by atomic mass is 16.5. The van der Waals surface area contributed by atoms with Crippen LogP contribution in [0.25, 0.3) is 0 Å². The molecule has 0 aromatic heterocycles. The SMILES string of the molecule is CCN(CCOc1ccc(C=O)cc1)c1ccccc1. The predicted octanol–water partition coefficient (Wildman–Crippen LogP) is 3.40. The van der Waals surface area contributed by atoms with Crippen molar-refractivity contribution in [2.24, 2.45) is 0 Å². The molecule has 0 N–H and O–H groups in total. The Bertz CT molecular complexity index is 522. The number of hydrogen-bond acceptors (Lipinski definition) is 3. The van der Waals surface area contributed by atoms with Gasteiger partial charge in [0.15, 0.2) is 0 Å². The van der Waals surface area contributed by atoms with E-state index in [0.29, 0.717) is 12.2 Å². The van der Waals surface area contributed by atoms with E-state index in [2.05, 4.69) is 24.0 Å². The number of carbonyl (C=O) groups excluding carboxylic acids is 1. The smallest absolute Gasteiger partial charge is 0.150 e. The van der Waals surface area contributed by atoms with Crippen molar-refractivity contribution in [3.05, 3.63) is 60.2 Å². The average Bonchev–Trinajstić information content (AvgIpc) is 2.53. The van der Waals surface area contributed by atoms with Crippen LogP contribution in [0.1, 0.15) is 17.3 Å². The van der Waals surface area contributed by atoms with Crippen LogP contribution in [0.4, 0.5) is 5.69 Å². The summed E-state index contributed by atoms with van der Waals surface area (Å²) in [7, 11) is 0. The molecule has 0 aliphatic rings. The van der Waals surface area contributed by atoms with E-state index >= 15 is 0 Å². The lowest BCUT2D eigenvalue weighted by Gasteiger charge is -2.23. The van der Waals surface area contributed by atoms with Gasteiger partial charge in [-0.1, -0.05) is 18.2 Å². The highest BCUT2D eigenvalue weighted by Gasteiger charge is 2.03. The minimum absolute atomic E-state index is 0.614. The van der Waals surface area contributed by atoms with Gasteiger partial charge in [-0.05, 0) is 43.3 Å². The van der Waals surface area contributed by atoms with Crippen molar-refractivity contribution in [2.45, 2.75) is 6.92 Å². The van der Waals surface area contributed by atoms with E-state index in [4.69, 9.17) is 4.74 Å². The first-order chi connectivity index (χ1) is 9.83. The third kappa shape index (κ3) is 3.85. The third-order valence-corrected chi connectivity index (χ3v) is 3.15. The quantitative estimate of drug-likeness (QED) is 0.721. The van der Waals surface area contributed by atoms with Crippen molar-refractivity contribution in [1.82, 2.24) is 0 Å². The average molecular weight is 269 g/mol. The van der Waals surface area contributed by atoms with E-state index in [0.717, 1.165) is 25.1 Å². The molecule has 104 valence electrons. The lowest BCUT2D eigenvalue weighted by molar-refractivity contribution is 0.112. The molecule has 2 aromatic rings. The van der Waals surface area contributed by atoms with Crippen molar-refractivity contribution in [2.75, 3.05) is 24.6 Å². The van der Waals surface area contributed by atoms with Gasteiger partial charge in [0.05, 0.1) is 6.54 Å². The van der Waals surface area contributed by atoms with Gasteiger partial charge >= 0.3 is 0 Å². The van der Waals surface area contributed by atoms with Crippen LogP contribution in [0, 0.1) is 0 Å². The number of ether oxygens (including phenoxy) is 1. The summed E-state index contributed by atoms with van der Waals surface area (Å²) in [5.41, 5.74) is 1.87. The summed E-state index contributed by atoms with van der Waals surface area (Å²) >= 11 is 0. The minimum atomic E-state index is 0.614. The van der Waals surface area contributed by atoms with Crippen LogP contribution in [0.5, 0.6) is 5.75 Å². The molecule has 0 unspecified atom stereocenters. The molecular formula is C17H19NO2. The van der Waals surface area contributed by atoms with Crippen molar-refractivity contribution >= 4 is 12.0 Å². The first-order valence-corrected chi connectivity index (χ1v) is 6.81. The molecule has 3 heteroatoms. The summed E-state index contributed by atoms with van der Waals surface area (Å²) in [6, 6.07) is 17.5. The molecule has 0 saturated heterocycles. The van der Waals surface area contributed by atoms with E-state index < -0.39 is 0 Å². The Labute approximate surface area is 119 Å². The molecule has 0 aliphatic carbocycles. The number of nitrogens with zero attached hydrogens (tertiary/aromatic N) is 1. The summed E-state index contributed by atoms with van der Waals surface area (Å²) in [6.07, 6.45) is 0.831. The van der Waals surface area contributed by atoms with Gasteiger partial charge in [0.2, 0.25) is 0 Å². The predicted molar refractivity (Wildman–Crippen MR) is 81.7 cm³/mol. The van der Waals surface area contributed by atoms with E-state index in [9.17, 15) is 4.79 Å². The molecule has 0 heterocycles. The summed E-state index contributed by atoms with van der Waals surface area (Å²) < 4.78 is 5.70. The van der Waals surface area contributed by atoms with E-state index in [1.54, 1.807) is 12.1 Å². The Balaban J connectivity index is 1.86. The molecule has 0 fully saturated rings. The maximum Gasteiger partial charge on any atom is 0.150 e. The maximum absolute atomic E-state index is 10.6. The van der Waals surface area contributed by atoms with Gasteiger partial charge in [0.1, 0.15) is 18.6 Å². The zero-order valence-electron chi connectivity index (χ0n) is 11.7. The zero-order chi connectivity index (χ0) is 14.2. The lowest BCUT2D eigenvalue weighted by atomic mass is 10.2. The Morgan fingerprint density at radius 2 is 1.75 bits per heavy atom. The summed E-state index contributed by atoms with van der Waals surface area (Å²) in [5, 5.41) is 0. The van der Waals surface area contributed by atoms with E-state index in [1.165, 1.54) is 5.69 Å². The van der Waals surface area contributed by atoms with Crippen LogP contribution in [-0.4, -0.2) is 26.0 Å². The van der Waals surface area contributed by atoms with Crippen molar-refractivity contribution < 1.29 is 9.53 Å². The fourth-order valence-electron chi connectivity index (χ4n) is 2.02. The van der Waals surface area contributed by atoms with Gasteiger partial charge in [-0.2, -0.15) is 0 Å². The molecule has 0 saturated carbocycles.